The van der Waals surface area contributed by atoms with E-state index >= 15 is 0 Å². The SMILES string of the molecule is Fc1ccc(C2(CNC(=S)Nc3ccccc3Cl)CCCC2)cc1. The van der Waals surface area contributed by atoms with Crippen molar-refractivity contribution in [3.8, 4) is 0 Å². The summed E-state index contributed by atoms with van der Waals surface area (Å²) in [5, 5.41) is 7.65. The number of hydrogen-bond acceptors (Lipinski definition) is 1. The molecule has 0 aliphatic heterocycles. The van der Waals surface area contributed by atoms with Gasteiger partial charge in [0.25, 0.3) is 0 Å². The Bertz CT molecular complexity index is 712. The number of halogens is 2. The molecule has 0 radical (unpaired) electrons. The summed E-state index contributed by atoms with van der Waals surface area (Å²) in [5.74, 6) is -0.198. The van der Waals surface area contributed by atoms with Crippen LogP contribution in [0.25, 0.3) is 0 Å². The van der Waals surface area contributed by atoms with E-state index in [1.807, 2.05) is 36.4 Å². The van der Waals surface area contributed by atoms with Crippen molar-refractivity contribution in [2.45, 2.75) is 31.1 Å². The van der Waals surface area contributed by atoms with E-state index in [-0.39, 0.29) is 11.2 Å². The van der Waals surface area contributed by atoms with E-state index in [1.165, 1.54) is 30.5 Å². The van der Waals surface area contributed by atoms with Gasteiger partial charge in [-0.15, -0.1) is 0 Å². The predicted molar refractivity (Wildman–Crippen MR) is 102 cm³/mol. The Balaban J connectivity index is 1.67. The first-order valence-electron chi connectivity index (χ1n) is 8.15. The second-order valence-corrected chi connectivity index (χ2v) is 7.10. The van der Waals surface area contributed by atoms with Crippen LogP contribution in [-0.4, -0.2) is 11.7 Å². The molecule has 2 N–H and O–H groups in total. The Hall–Kier alpha value is -1.65. The van der Waals surface area contributed by atoms with Gasteiger partial charge in [0.1, 0.15) is 5.82 Å². The van der Waals surface area contributed by atoms with Gasteiger partial charge in [0.15, 0.2) is 5.11 Å². The van der Waals surface area contributed by atoms with Crippen molar-refractivity contribution in [2.75, 3.05) is 11.9 Å². The average molecular weight is 363 g/mol. The zero-order valence-electron chi connectivity index (χ0n) is 13.3. The molecule has 1 aliphatic rings. The summed E-state index contributed by atoms with van der Waals surface area (Å²) in [6, 6.07) is 14.4. The second kappa shape index (κ2) is 7.49. The van der Waals surface area contributed by atoms with Crippen LogP contribution in [-0.2, 0) is 5.41 Å². The topological polar surface area (TPSA) is 24.1 Å². The third-order valence-corrected chi connectivity index (χ3v) is 5.30. The number of thiocarbonyl (C=S) groups is 1. The van der Waals surface area contributed by atoms with Crippen molar-refractivity contribution in [3.63, 3.8) is 0 Å². The fourth-order valence-electron chi connectivity index (χ4n) is 3.40. The number of para-hydroxylation sites is 1. The van der Waals surface area contributed by atoms with Crippen LogP contribution in [0.3, 0.4) is 0 Å². The maximum atomic E-state index is 13.2. The molecule has 2 aromatic rings. The van der Waals surface area contributed by atoms with Crippen molar-refractivity contribution in [1.82, 2.24) is 5.32 Å². The molecule has 1 fully saturated rings. The Morgan fingerprint density at radius 2 is 1.75 bits per heavy atom. The Morgan fingerprint density at radius 3 is 2.42 bits per heavy atom. The van der Waals surface area contributed by atoms with E-state index in [0.717, 1.165) is 25.1 Å². The summed E-state index contributed by atoms with van der Waals surface area (Å²) >= 11 is 11.6. The smallest absolute Gasteiger partial charge is 0.170 e. The van der Waals surface area contributed by atoms with Crippen molar-refractivity contribution < 1.29 is 4.39 Å². The Morgan fingerprint density at radius 1 is 1.08 bits per heavy atom. The normalized spacial score (nSPS) is 15.9. The average Bonchev–Trinajstić information content (AvgIpc) is 3.06. The fraction of sp³-hybridized carbons (Fsp3) is 0.316. The molecule has 0 amide bonds. The number of rotatable bonds is 4. The standard InChI is InChI=1S/C19H20ClFN2S/c20-16-5-1-2-6-17(16)23-18(24)22-13-19(11-3-4-12-19)14-7-9-15(21)10-8-14/h1-2,5-10H,3-4,11-13H2,(H2,22,23,24). The summed E-state index contributed by atoms with van der Waals surface area (Å²) in [4.78, 5) is 0. The third kappa shape index (κ3) is 3.87. The van der Waals surface area contributed by atoms with E-state index in [1.54, 1.807) is 0 Å². The fourth-order valence-corrected chi connectivity index (χ4v) is 3.77. The number of benzene rings is 2. The molecular weight excluding hydrogens is 343 g/mol. The monoisotopic (exact) mass is 362 g/mol. The quantitative estimate of drug-likeness (QED) is 0.724. The molecule has 0 atom stereocenters. The van der Waals surface area contributed by atoms with Crippen LogP contribution in [0, 0.1) is 5.82 Å². The van der Waals surface area contributed by atoms with Gasteiger partial charge >= 0.3 is 0 Å². The van der Waals surface area contributed by atoms with Crippen molar-refractivity contribution >= 4 is 34.6 Å². The minimum absolute atomic E-state index is 0.0138. The largest absolute Gasteiger partial charge is 0.362 e. The Labute approximate surface area is 152 Å². The van der Waals surface area contributed by atoms with Crippen molar-refractivity contribution in [1.29, 1.82) is 0 Å². The Kier molecular flexibility index (Phi) is 5.36. The van der Waals surface area contributed by atoms with Crippen LogP contribution < -0.4 is 10.6 Å². The van der Waals surface area contributed by atoms with Gasteiger partial charge in [-0.25, -0.2) is 4.39 Å². The molecule has 126 valence electrons. The first kappa shape index (κ1) is 17.2. The summed E-state index contributed by atoms with van der Waals surface area (Å²) < 4.78 is 13.2. The summed E-state index contributed by atoms with van der Waals surface area (Å²) in [6.07, 6.45) is 4.54. The van der Waals surface area contributed by atoms with E-state index in [2.05, 4.69) is 10.6 Å². The maximum absolute atomic E-state index is 13.2. The highest BCUT2D eigenvalue weighted by molar-refractivity contribution is 7.80. The van der Waals surface area contributed by atoms with Crippen molar-refractivity contribution in [3.05, 3.63) is 64.9 Å². The molecule has 0 heterocycles. The van der Waals surface area contributed by atoms with Crippen LogP contribution in [0.4, 0.5) is 10.1 Å². The van der Waals surface area contributed by atoms with E-state index in [0.29, 0.717) is 10.1 Å². The molecule has 0 spiro atoms. The first-order valence-corrected chi connectivity index (χ1v) is 8.93. The number of anilines is 1. The van der Waals surface area contributed by atoms with Gasteiger partial charge in [0.2, 0.25) is 0 Å². The molecule has 1 saturated carbocycles. The highest BCUT2D eigenvalue weighted by atomic mass is 35.5. The molecule has 0 aromatic heterocycles. The third-order valence-electron chi connectivity index (χ3n) is 4.73. The summed E-state index contributed by atoms with van der Waals surface area (Å²) in [5.41, 5.74) is 1.98. The zero-order valence-corrected chi connectivity index (χ0v) is 14.9. The molecule has 0 saturated heterocycles. The molecule has 0 unspecified atom stereocenters. The highest BCUT2D eigenvalue weighted by Gasteiger charge is 2.35. The molecule has 2 nitrogen and oxygen atoms in total. The van der Waals surface area contributed by atoms with Crippen molar-refractivity contribution in [2.24, 2.45) is 0 Å². The van der Waals surface area contributed by atoms with E-state index < -0.39 is 0 Å². The lowest BCUT2D eigenvalue weighted by Crippen LogP contribution is -2.40. The van der Waals surface area contributed by atoms with Crippen LogP contribution in [0.1, 0.15) is 31.2 Å². The van der Waals surface area contributed by atoms with E-state index in [9.17, 15) is 4.39 Å². The minimum Gasteiger partial charge on any atom is -0.362 e. The highest BCUT2D eigenvalue weighted by Crippen LogP contribution is 2.40. The van der Waals surface area contributed by atoms with Gasteiger partial charge in [0, 0.05) is 12.0 Å². The second-order valence-electron chi connectivity index (χ2n) is 6.28. The molecular formula is C19H20ClFN2S. The van der Waals surface area contributed by atoms with Gasteiger partial charge in [0.05, 0.1) is 10.7 Å². The van der Waals surface area contributed by atoms with Gasteiger partial charge < -0.3 is 10.6 Å². The zero-order chi connectivity index (χ0) is 17.0. The lowest BCUT2D eigenvalue weighted by molar-refractivity contribution is 0.434. The molecule has 3 rings (SSSR count). The van der Waals surface area contributed by atoms with Crippen LogP contribution >= 0.6 is 23.8 Å². The number of nitrogens with one attached hydrogen (secondary N) is 2. The van der Waals surface area contributed by atoms with E-state index in [4.69, 9.17) is 23.8 Å². The number of hydrogen-bond donors (Lipinski definition) is 2. The lowest BCUT2D eigenvalue weighted by atomic mass is 9.79. The lowest BCUT2D eigenvalue weighted by Gasteiger charge is -2.30. The predicted octanol–water partition coefficient (Wildman–Crippen LogP) is 5.28. The summed E-state index contributed by atoms with van der Waals surface area (Å²) in [7, 11) is 0. The van der Waals surface area contributed by atoms with Crippen LogP contribution in [0.2, 0.25) is 5.02 Å². The van der Waals surface area contributed by atoms with Gasteiger partial charge in [-0.1, -0.05) is 48.7 Å². The molecule has 1 aliphatic carbocycles. The first-order chi connectivity index (χ1) is 11.6. The molecule has 2 aromatic carbocycles. The van der Waals surface area contributed by atoms with Crippen LogP contribution in [0.15, 0.2) is 48.5 Å². The molecule has 0 bridgehead atoms. The van der Waals surface area contributed by atoms with Crippen LogP contribution in [0.5, 0.6) is 0 Å². The summed E-state index contributed by atoms with van der Waals surface area (Å²) in [6.45, 7) is 0.731. The molecule has 24 heavy (non-hydrogen) atoms. The van der Waals surface area contributed by atoms with Gasteiger partial charge in [-0.2, -0.15) is 0 Å². The van der Waals surface area contributed by atoms with Gasteiger partial charge in [-0.05, 0) is 54.9 Å². The minimum atomic E-state index is -0.198. The van der Waals surface area contributed by atoms with Gasteiger partial charge in [-0.3, -0.25) is 0 Å². The maximum Gasteiger partial charge on any atom is 0.170 e. The molecule has 5 heteroatoms.